The topological polar surface area (TPSA) is 51.2 Å². The van der Waals surface area contributed by atoms with Gasteiger partial charge in [-0.2, -0.15) is 0 Å². The fraction of sp³-hybridized carbons (Fsp3) is 0.462. The highest BCUT2D eigenvalue weighted by molar-refractivity contribution is 9.10. The zero-order valence-electron chi connectivity index (χ0n) is 10.2. The predicted molar refractivity (Wildman–Crippen MR) is 74.2 cm³/mol. The van der Waals surface area contributed by atoms with E-state index in [1.807, 2.05) is 0 Å². The second kappa shape index (κ2) is 5.71. The average molecular weight is 349 g/mol. The lowest BCUT2D eigenvalue weighted by molar-refractivity contribution is -0.118. The molecule has 0 amide bonds. The van der Waals surface area contributed by atoms with Crippen molar-refractivity contribution in [2.45, 2.75) is 30.9 Å². The smallest absolute Gasteiger partial charge is 0.160 e. The number of Topliss-reactive ketones (excluding diaryl/α,β-unsaturated/α-hetero) is 1. The standard InChI is InChI=1S/C13H14BrFO3S/c14-10-4-5-11(15)9(7-10)8-12(16)13-3-1-2-6-19(13,17)18/h4-5,7,13H,1-3,6,8H2. The van der Waals surface area contributed by atoms with E-state index in [-0.39, 0.29) is 17.7 Å². The highest BCUT2D eigenvalue weighted by atomic mass is 79.9. The number of hydrogen-bond acceptors (Lipinski definition) is 3. The van der Waals surface area contributed by atoms with Crippen LogP contribution in [0, 0.1) is 5.82 Å². The first kappa shape index (κ1) is 14.7. The Balaban J connectivity index is 2.19. The molecule has 0 radical (unpaired) electrons. The Kier molecular flexibility index (Phi) is 4.40. The van der Waals surface area contributed by atoms with E-state index in [1.165, 1.54) is 12.1 Å². The molecular formula is C13H14BrFO3S. The Morgan fingerprint density at radius 3 is 2.79 bits per heavy atom. The predicted octanol–water partition coefficient (Wildman–Crippen LogP) is 2.67. The molecule has 1 heterocycles. The zero-order valence-corrected chi connectivity index (χ0v) is 12.6. The van der Waals surface area contributed by atoms with E-state index in [0.717, 1.165) is 6.42 Å². The van der Waals surface area contributed by atoms with Gasteiger partial charge in [0.15, 0.2) is 15.6 Å². The normalized spacial score (nSPS) is 22.1. The minimum absolute atomic E-state index is 0.0599. The Morgan fingerprint density at radius 1 is 1.37 bits per heavy atom. The van der Waals surface area contributed by atoms with Crippen LogP contribution >= 0.6 is 15.9 Å². The van der Waals surface area contributed by atoms with Gasteiger partial charge in [0, 0.05) is 10.9 Å². The third kappa shape index (κ3) is 3.42. The molecule has 0 aliphatic carbocycles. The van der Waals surface area contributed by atoms with Crippen molar-refractivity contribution in [3.63, 3.8) is 0 Å². The molecule has 3 nitrogen and oxygen atoms in total. The minimum Gasteiger partial charge on any atom is -0.298 e. The number of rotatable bonds is 3. The van der Waals surface area contributed by atoms with Crippen LogP contribution in [0.25, 0.3) is 0 Å². The first-order valence-corrected chi connectivity index (χ1v) is 8.59. The van der Waals surface area contributed by atoms with Crippen LogP contribution < -0.4 is 0 Å². The Bertz CT molecular complexity index is 598. The summed E-state index contributed by atoms with van der Waals surface area (Å²) in [6, 6.07) is 4.32. The average Bonchev–Trinajstić information content (AvgIpc) is 2.33. The van der Waals surface area contributed by atoms with Crippen LogP contribution in [0.2, 0.25) is 0 Å². The lowest BCUT2D eigenvalue weighted by Crippen LogP contribution is -2.36. The van der Waals surface area contributed by atoms with E-state index in [4.69, 9.17) is 0 Å². The highest BCUT2D eigenvalue weighted by Crippen LogP contribution is 2.23. The molecule has 1 aromatic rings. The van der Waals surface area contributed by atoms with E-state index >= 15 is 0 Å². The van der Waals surface area contributed by atoms with Gasteiger partial charge in [-0.15, -0.1) is 0 Å². The molecule has 0 aromatic heterocycles. The molecule has 1 aromatic carbocycles. The molecule has 1 unspecified atom stereocenters. The van der Waals surface area contributed by atoms with Crippen LogP contribution in [0.1, 0.15) is 24.8 Å². The van der Waals surface area contributed by atoms with Gasteiger partial charge in [-0.1, -0.05) is 22.4 Å². The van der Waals surface area contributed by atoms with Crippen molar-refractivity contribution in [1.29, 1.82) is 0 Å². The first-order valence-electron chi connectivity index (χ1n) is 6.08. The monoisotopic (exact) mass is 348 g/mol. The highest BCUT2D eigenvalue weighted by Gasteiger charge is 2.34. The molecule has 6 heteroatoms. The van der Waals surface area contributed by atoms with Crippen LogP contribution in [0.4, 0.5) is 4.39 Å². The SMILES string of the molecule is O=C(Cc1cc(Br)ccc1F)C1CCCCS1(=O)=O. The number of carbonyl (C=O) groups is 1. The number of hydrogen-bond donors (Lipinski definition) is 0. The third-order valence-electron chi connectivity index (χ3n) is 3.31. The lowest BCUT2D eigenvalue weighted by atomic mass is 10.0. The maximum Gasteiger partial charge on any atom is 0.160 e. The van der Waals surface area contributed by atoms with Gasteiger partial charge in [-0.05, 0) is 36.6 Å². The summed E-state index contributed by atoms with van der Waals surface area (Å²) in [6.07, 6.45) is 1.53. The van der Waals surface area contributed by atoms with Crippen molar-refractivity contribution in [2.75, 3.05) is 5.75 Å². The Hall–Kier alpha value is -0.750. The van der Waals surface area contributed by atoms with Crippen LogP contribution in [-0.2, 0) is 21.1 Å². The van der Waals surface area contributed by atoms with E-state index < -0.39 is 26.7 Å². The molecule has 104 valence electrons. The summed E-state index contributed by atoms with van der Waals surface area (Å²) in [4.78, 5) is 12.1. The van der Waals surface area contributed by atoms with Gasteiger partial charge in [0.1, 0.15) is 11.1 Å². The summed E-state index contributed by atoms with van der Waals surface area (Å²) in [6.45, 7) is 0. The molecule has 1 aliphatic heterocycles. The Morgan fingerprint density at radius 2 is 2.11 bits per heavy atom. The Labute approximate surface area is 120 Å². The zero-order chi connectivity index (χ0) is 14.0. The van der Waals surface area contributed by atoms with Crippen LogP contribution in [0.5, 0.6) is 0 Å². The van der Waals surface area contributed by atoms with E-state index in [2.05, 4.69) is 15.9 Å². The van der Waals surface area contributed by atoms with Crippen molar-refractivity contribution in [1.82, 2.24) is 0 Å². The van der Waals surface area contributed by atoms with Crippen molar-refractivity contribution in [3.05, 3.63) is 34.1 Å². The lowest BCUT2D eigenvalue weighted by Gasteiger charge is -2.21. The van der Waals surface area contributed by atoms with Gasteiger partial charge >= 0.3 is 0 Å². The van der Waals surface area contributed by atoms with Gasteiger partial charge in [-0.25, -0.2) is 12.8 Å². The summed E-state index contributed by atoms with van der Waals surface area (Å²) < 4.78 is 37.9. The van der Waals surface area contributed by atoms with E-state index in [0.29, 0.717) is 17.3 Å². The quantitative estimate of drug-likeness (QED) is 0.843. The van der Waals surface area contributed by atoms with Gasteiger partial charge in [-0.3, -0.25) is 4.79 Å². The number of sulfone groups is 1. The van der Waals surface area contributed by atoms with Crippen LogP contribution in [-0.4, -0.2) is 25.2 Å². The molecule has 0 saturated carbocycles. The fourth-order valence-electron chi connectivity index (χ4n) is 2.30. The van der Waals surface area contributed by atoms with Crippen molar-refractivity contribution in [2.24, 2.45) is 0 Å². The van der Waals surface area contributed by atoms with Crippen LogP contribution in [0.3, 0.4) is 0 Å². The minimum atomic E-state index is -3.35. The number of halogens is 2. The summed E-state index contributed by atoms with van der Waals surface area (Å²) >= 11 is 3.21. The molecule has 0 bridgehead atoms. The van der Waals surface area contributed by atoms with E-state index in [1.54, 1.807) is 6.07 Å². The van der Waals surface area contributed by atoms with Gasteiger partial charge < -0.3 is 0 Å². The molecule has 1 fully saturated rings. The summed E-state index contributed by atoms with van der Waals surface area (Å²) in [7, 11) is -3.35. The van der Waals surface area contributed by atoms with E-state index in [9.17, 15) is 17.6 Å². The molecule has 19 heavy (non-hydrogen) atoms. The molecule has 2 rings (SSSR count). The summed E-state index contributed by atoms with van der Waals surface area (Å²) in [5.74, 6) is -0.828. The largest absolute Gasteiger partial charge is 0.298 e. The van der Waals surface area contributed by atoms with Crippen molar-refractivity contribution >= 4 is 31.6 Å². The third-order valence-corrected chi connectivity index (χ3v) is 6.03. The maximum atomic E-state index is 13.6. The van der Waals surface area contributed by atoms with Gasteiger partial charge in [0.2, 0.25) is 0 Å². The number of ketones is 1. The summed E-state index contributed by atoms with van der Waals surface area (Å²) in [5.41, 5.74) is 0.236. The second-order valence-corrected chi connectivity index (χ2v) is 7.95. The summed E-state index contributed by atoms with van der Waals surface area (Å²) in [5, 5.41) is -0.959. The molecule has 1 aliphatic rings. The molecule has 1 atom stereocenters. The molecule has 0 spiro atoms. The first-order chi connectivity index (χ1) is 8.90. The fourth-order valence-corrected chi connectivity index (χ4v) is 4.61. The number of benzene rings is 1. The maximum absolute atomic E-state index is 13.6. The van der Waals surface area contributed by atoms with Gasteiger partial charge in [0.25, 0.3) is 0 Å². The van der Waals surface area contributed by atoms with Crippen molar-refractivity contribution in [3.8, 4) is 0 Å². The molecular weight excluding hydrogens is 335 g/mol. The molecule has 0 N–H and O–H groups in total. The molecule has 1 saturated heterocycles. The second-order valence-electron chi connectivity index (χ2n) is 4.73. The van der Waals surface area contributed by atoms with Gasteiger partial charge in [0.05, 0.1) is 5.75 Å². The number of carbonyl (C=O) groups excluding carboxylic acids is 1. The van der Waals surface area contributed by atoms with Crippen LogP contribution in [0.15, 0.2) is 22.7 Å². The van der Waals surface area contributed by atoms with Crippen molar-refractivity contribution < 1.29 is 17.6 Å².